The van der Waals surface area contributed by atoms with Gasteiger partial charge in [0.2, 0.25) is 0 Å². The molecule has 67 heavy (non-hydrogen) atoms. The summed E-state index contributed by atoms with van der Waals surface area (Å²) in [7, 11) is 4.42. The molecule has 0 radical (unpaired) electrons. The van der Waals surface area contributed by atoms with Crippen LogP contribution in [0.5, 0.6) is 5.75 Å². The fourth-order valence-corrected chi connectivity index (χ4v) is 11.0. The van der Waals surface area contributed by atoms with Gasteiger partial charge in [-0.15, -0.1) is 0 Å². The molecule has 2 fully saturated rings. The second-order valence-electron chi connectivity index (χ2n) is 21.4. The number of aliphatic hydroxyl groups excluding tert-OH is 2. The van der Waals surface area contributed by atoms with Crippen LogP contribution < -0.4 is 4.74 Å². The van der Waals surface area contributed by atoms with E-state index in [9.17, 15) is 15.0 Å². The third kappa shape index (κ3) is 17.1. The Labute approximate surface area is 405 Å². The molecule has 2 N–H and O–H groups in total. The first-order valence-electron chi connectivity index (χ1n) is 25.0. The lowest BCUT2D eigenvalue weighted by atomic mass is 9.78. The molecule has 16 atom stereocenters. The Kier molecular flexibility index (Phi) is 22.8. The maximum absolute atomic E-state index is 12.0. The standard InChI is InChI=1S/C54H90O12Si/c1-34(20-28-50(55)61-13)19-24-45(66-67(14,15)54(7,8)9)30-42-17-16-18-43(63-42)32-47(60-12)37(4)48-33-49(65-53(64-48)40-22-26-41(58-10)27-23-40)38(5)52(57)39(6)51(56)35(2)21-25-44-31-46(59-11)29-36(3)62-44/h16-17,19-20,22-23,26-28,35-39,42-49,51-53,56-57H,18,21,24-25,29-33H2,1-15H3/b28-20+,34-19+/t35-,36-,37+,38-,39-,42-,43-,44-,45-,46+,47-,48-,49+,51-,52-,53+/m0/s1. The van der Waals surface area contributed by atoms with Gasteiger partial charge in [-0.1, -0.05) is 90.5 Å². The van der Waals surface area contributed by atoms with Gasteiger partial charge in [-0.3, -0.25) is 0 Å². The number of carbonyl (C=O) groups is 1. The van der Waals surface area contributed by atoms with E-state index in [0.29, 0.717) is 25.7 Å². The summed E-state index contributed by atoms with van der Waals surface area (Å²) in [6.45, 7) is 23.6. The number of esters is 1. The molecule has 13 heteroatoms. The first-order chi connectivity index (χ1) is 31.6. The first kappa shape index (κ1) is 57.1. The Morgan fingerprint density at radius 3 is 2.15 bits per heavy atom. The number of allylic oxidation sites excluding steroid dienone is 2. The molecule has 0 aromatic heterocycles. The van der Waals surface area contributed by atoms with Crippen molar-refractivity contribution >= 4 is 14.3 Å². The van der Waals surface area contributed by atoms with Crippen LogP contribution >= 0.6 is 0 Å². The van der Waals surface area contributed by atoms with Crippen LogP contribution in [0.2, 0.25) is 18.1 Å². The fraction of sp³-hybridized carbons (Fsp3) is 0.759. The Hall–Kier alpha value is -2.43. The van der Waals surface area contributed by atoms with E-state index < -0.39 is 32.7 Å². The highest BCUT2D eigenvalue weighted by molar-refractivity contribution is 6.74. The van der Waals surface area contributed by atoms with Crippen LogP contribution in [0.3, 0.4) is 0 Å². The molecule has 0 amide bonds. The number of benzene rings is 1. The zero-order valence-electron chi connectivity index (χ0n) is 43.8. The molecule has 0 aliphatic carbocycles. The van der Waals surface area contributed by atoms with Crippen LogP contribution in [-0.2, 0) is 42.4 Å². The number of rotatable bonds is 24. The molecule has 0 spiro atoms. The van der Waals surface area contributed by atoms with Crippen LogP contribution in [0.25, 0.3) is 0 Å². The molecule has 382 valence electrons. The summed E-state index contributed by atoms with van der Waals surface area (Å²) in [6.07, 6.45) is 13.6. The molecule has 4 rings (SSSR count). The number of hydrogen-bond acceptors (Lipinski definition) is 12. The average molecular weight is 959 g/mol. The topological polar surface area (TPSA) is 141 Å². The second kappa shape index (κ2) is 26.7. The number of hydrogen-bond donors (Lipinski definition) is 2. The minimum absolute atomic E-state index is 0.0343. The molecule has 1 aromatic carbocycles. The molecule has 3 heterocycles. The van der Waals surface area contributed by atoms with Gasteiger partial charge < -0.3 is 52.5 Å². The molecule has 0 saturated carbocycles. The summed E-state index contributed by atoms with van der Waals surface area (Å²) >= 11 is 0. The van der Waals surface area contributed by atoms with Crippen molar-refractivity contribution in [2.75, 3.05) is 28.4 Å². The van der Waals surface area contributed by atoms with Gasteiger partial charge in [-0.05, 0) is 88.6 Å². The number of ether oxygens (including phenoxy) is 8. The first-order valence-corrected chi connectivity index (χ1v) is 27.9. The van der Waals surface area contributed by atoms with Crippen molar-refractivity contribution in [3.63, 3.8) is 0 Å². The Morgan fingerprint density at radius 1 is 0.866 bits per heavy atom. The molecule has 12 nitrogen and oxygen atoms in total. The van der Waals surface area contributed by atoms with Crippen LogP contribution in [-0.4, -0.2) is 120 Å². The summed E-state index contributed by atoms with van der Waals surface area (Å²) in [5.41, 5.74) is 1.83. The third-order valence-corrected chi connectivity index (χ3v) is 19.8. The van der Waals surface area contributed by atoms with Gasteiger partial charge in [0.15, 0.2) is 14.6 Å². The predicted octanol–water partition coefficient (Wildman–Crippen LogP) is 10.5. The summed E-state index contributed by atoms with van der Waals surface area (Å²) in [5, 5.41) is 23.7. The molecular weight excluding hydrogens is 869 g/mol. The van der Waals surface area contributed by atoms with Gasteiger partial charge in [-0.25, -0.2) is 4.79 Å². The maximum Gasteiger partial charge on any atom is 0.330 e. The van der Waals surface area contributed by atoms with E-state index in [2.05, 4.69) is 72.9 Å². The lowest BCUT2D eigenvalue weighted by Crippen LogP contribution is -2.48. The Bertz CT molecular complexity index is 1710. The summed E-state index contributed by atoms with van der Waals surface area (Å²) in [5.74, 6) is -0.436. The highest BCUT2D eigenvalue weighted by atomic mass is 28.4. The van der Waals surface area contributed by atoms with Gasteiger partial charge in [-0.2, -0.15) is 0 Å². The van der Waals surface area contributed by atoms with Crippen molar-refractivity contribution in [2.45, 2.75) is 212 Å². The van der Waals surface area contributed by atoms with Gasteiger partial charge in [0.1, 0.15) is 5.75 Å². The zero-order chi connectivity index (χ0) is 49.6. The van der Waals surface area contributed by atoms with Gasteiger partial charge in [0.05, 0.1) is 81.4 Å². The van der Waals surface area contributed by atoms with Crippen LogP contribution in [0, 0.1) is 23.7 Å². The summed E-state index contributed by atoms with van der Waals surface area (Å²) < 4.78 is 55.8. The quantitative estimate of drug-likeness (QED) is 0.0335. The van der Waals surface area contributed by atoms with Crippen molar-refractivity contribution in [1.29, 1.82) is 0 Å². The molecule has 0 unspecified atom stereocenters. The zero-order valence-corrected chi connectivity index (χ0v) is 44.8. The largest absolute Gasteiger partial charge is 0.497 e. The van der Waals surface area contributed by atoms with Crippen LogP contribution in [0.15, 0.2) is 60.2 Å². The van der Waals surface area contributed by atoms with E-state index in [1.54, 1.807) is 27.4 Å². The second-order valence-corrected chi connectivity index (χ2v) is 26.2. The van der Waals surface area contributed by atoms with Crippen LogP contribution in [0.4, 0.5) is 0 Å². The van der Waals surface area contributed by atoms with E-state index in [1.807, 2.05) is 45.0 Å². The highest BCUT2D eigenvalue weighted by Crippen LogP contribution is 2.41. The predicted molar refractivity (Wildman–Crippen MR) is 266 cm³/mol. The number of carbonyl (C=O) groups excluding carboxylic acids is 1. The smallest absolute Gasteiger partial charge is 0.330 e. The van der Waals surface area contributed by atoms with Crippen molar-refractivity contribution in [2.24, 2.45) is 23.7 Å². The maximum atomic E-state index is 12.0. The van der Waals surface area contributed by atoms with E-state index in [0.717, 1.165) is 49.0 Å². The van der Waals surface area contributed by atoms with Crippen molar-refractivity contribution < 1.29 is 57.3 Å². The highest BCUT2D eigenvalue weighted by Gasteiger charge is 2.44. The van der Waals surface area contributed by atoms with E-state index >= 15 is 0 Å². The monoisotopic (exact) mass is 959 g/mol. The molecule has 3 aliphatic rings. The Morgan fingerprint density at radius 2 is 1.54 bits per heavy atom. The SMILES string of the molecule is COC(=O)/C=C/C(C)=C/C[C@@H](C[C@@H]1C=CC[C@@H](C[C@H](OC)[C@@H](C)[C@@H]2C[C@H]([C@H](C)[C@H](O)[C@@H](C)[C@@H](O)[C@@H](C)CC[C@H]3C[C@H](OC)C[C@H](C)O3)O[C@H](c3ccc(OC)cc3)O2)O1)O[Si](C)(C)C(C)(C)C. The van der Waals surface area contributed by atoms with E-state index in [4.69, 9.17) is 42.3 Å². The van der Waals surface area contributed by atoms with Gasteiger partial charge >= 0.3 is 5.97 Å². The average Bonchev–Trinajstić information content (AvgIpc) is 3.31. The third-order valence-electron chi connectivity index (χ3n) is 15.3. The lowest BCUT2D eigenvalue weighted by molar-refractivity contribution is -0.278. The molecule has 0 bridgehead atoms. The molecular formula is C54H90O12Si. The molecule has 2 saturated heterocycles. The molecule has 1 aromatic rings. The summed E-state index contributed by atoms with van der Waals surface area (Å²) in [6, 6.07) is 7.73. The minimum Gasteiger partial charge on any atom is -0.497 e. The number of aliphatic hydroxyl groups is 2. The van der Waals surface area contributed by atoms with Crippen molar-refractivity contribution in [3.8, 4) is 5.75 Å². The minimum atomic E-state index is -2.13. The van der Waals surface area contributed by atoms with Gasteiger partial charge in [0.25, 0.3) is 0 Å². The Balaban J connectivity index is 1.46. The summed E-state index contributed by atoms with van der Waals surface area (Å²) in [4.78, 5) is 11.7. The van der Waals surface area contributed by atoms with E-state index in [-0.39, 0.29) is 83.7 Å². The van der Waals surface area contributed by atoms with Gasteiger partial charge in [0, 0.05) is 62.9 Å². The fourth-order valence-electron chi connectivity index (χ4n) is 9.64. The number of methoxy groups -OCH3 is 4. The van der Waals surface area contributed by atoms with E-state index in [1.165, 1.54) is 13.2 Å². The molecule has 3 aliphatic heterocycles. The lowest BCUT2D eigenvalue weighted by Gasteiger charge is -2.44. The van der Waals surface area contributed by atoms with Crippen molar-refractivity contribution in [3.05, 3.63) is 65.8 Å². The van der Waals surface area contributed by atoms with Crippen molar-refractivity contribution in [1.82, 2.24) is 0 Å². The van der Waals surface area contributed by atoms with Crippen LogP contribution in [0.1, 0.15) is 132 Å². The normalized spacial score (nSPS) is 29.1.